The molecule has 1 saturated heterocycles. The Morgan fingerprint density at radius 1 is 1.11 bits per heavy atom. The zero-order valence-electron chi connectivity index (χ0n) is 19.9. The fourth-order valence-corrected chi connectivity index (χ4v) is 4.58. The van der Waals surface area contributed by atoms with Gasteiger partial charge in [-0.05, 0) is 55.5 Å². The number of rotatable bonds is 7. The average molecular weight is 514 g/mol. The summed E-state index contributed by atoms with van der Waals surface area (Å²) < 4.78 is 41.4. The molecule has 4 rings (SSSR count). The zero-order chi connectivity index (χ0) is 26.6. The molecule has 1 heterocycles. The maximum Gasteiger partial charge on any atom is 0.573 e. The van der Waals surface area contributed by atoms with Crippen molar-refractivity contribution in [3.63, 3.8) is 0 Å². The van der Waals surface area contributed by atoms with E-state index in [1.165, 1.54) is 29.2 Å². The fourth-order valence-electron chi connectivity index (χ4n) is 4.58. The van der Waals surface area contributed by atoms with Gasteiger partial charge >= 0.3 is 6.36 Å². The Balaban J connectivity index is 1.46. The molecular formula is C27H26F3N3O4. The molecular weight excluding hydrogens is 487 g/mol. The first kappa shape index (κ1) is 26.1. The molecule has 1 saturated carbocycles. The predicted octanol–water partition coefficient (Wildman–Crippen LogP) is 3.02. The number of halogens is 3. The Morgan fingerprint density at radius 2 is 1.78 bits per heavy atom. The van der Waals surface area contributed by atoms with E-state index in [4.69, 9.17) is 5.73 Å². The number of hydrogen-bond acceptors (Lipinski definition) is 4. The van der Waals surface area contributed by atoms with Gasteiger partial charge in [0.05, 0.1) is 17.9 Å². The number of primary amides is 1. The number of likely N-dealkylation sites (tertiary alicyclic amines) is 1. The van der Waals surface area contributed by atoms with Crippen molar-refractivity contribution in [2.45, 2.75) is 56.0 Å². The van der Waals surface area contributed by atoms with Crippen molar-refractivity contribution in [3.8, 4) is 17.6 Å². The van der Waals surface area contributed by atoms with E-state index in [2.05, 4.69) is 21.9 Å². The van der Waals surface area contributed by atoms with Gasteiger partial charge in [0, 0.05) is 12.1 Å². The summed E-state index contributed by atoms with van der Waals surface area (Å²) in [6.07, 6.45) is -2.85. The van der Waals surface area contributed by atoms with Crippen LogP contribution < -0.4 is 15.8 Å². The van der Waals surface area contributed by atoms with E-state index < -0.39 is 35.7 Å². The SMILES string of the molecule is NC(=O)C[C@@H](C#Cc1ccccc1)NC(=O)[C@@H]1CCCN1C(=O)C1(c2ccc(OC(F)(F)F)cc2)CC1. The molecule has 7 nitrogen and oxygen atoms in total. The third-order valence-corrected chi connectivity index (χ3v) is 6.50. The van der Waals surface area contributed by atoms with Gasteiger partial charge in [-0.25, -0.2) is 0 Å². The molecule has 10 heteroatoms. The topological polar surface area (TPSA) is 102 Å². The summed E-state index contributed by atoms with van der Waals surface area (Å²) in [5, 5.41) is 2.76. The Morgan fingerprint density at radius 3 is 2.38 bits per heavy atom. The number of carbonyl (C=O) groups excluding carboxylic acids is 3. The Kier molecular flexibility index (Phi) is 7.43. The van der Waals surface area contributed by atoms with E-state index in [1.54, 1.807) is 12.1 Å². The highest BCUT2D eigenvalue weighted by Gasteiger charge is 2.55. The van der Waals surface area contributed by atoms with Crippen LogP contribution in [0.1, 0.15) is 43.2 Å². The molecule has 3 N–H and O–H groups in total. The molecule has 2 aromatic rings. The van der Waals surface area contributed by atoms with Gasteiger partial charge in [-0.3, -0.25) is 14.4 Å². The maximum atomic E-state index is 13.6. The van der Waals surface area contributed by atoms with Crippen LogP contribution >= 0.6 is 0 Å². The summed E-state index contributed by atoms with van der Waals surface area (Å²) >= 11 is 0. The van der Waals surface area contributed by atoms with Gasteiger partial charge < -0.3 is 20.7 Å². The number of nitrogens with one attached hydrogen (secondary N) is 1. The van der Waals surface area contributed by atoms with Crippen molar-refractivity contribution in [2.24, 2.45) is 5.73 Å². The normalized spacial score (nSPS) is 18.8. The molecule has 2 aliphatic rings. The number of hydrogen-bond donors (Lipinski definition) is 2. The molecule has 194 valence electrons. The lowest BCUT2D eigenvalue weighted by atomic mass is 9.93. The van der Waals surface area contributed by atoms with Crippen molar-refractivity contribution >= 4 is 17.7 Å². The monoisotopic (exact) mass is 513 g/mol. The van der Waals surface area contributed by atoms with Crippen LogP contribution in [0.2, 0.25) is 0 Å². The third kappa shape index (κ3) is 6.42. The second-order valence-electron chi connectivity index (χ2n) is 9.18. The fraction of sp³-hybridized carbons (Fsp3) is 0.370. The number of nitrogens with two attached hydrogens (primary N) is 1. The third-order valence-electron chi connectivity index (χ3n) is 6.50. The van der Waals surface area contributed by atoms with Gasteiger partial charge in [0.2, 0.25) is 17.7 Å². The molecule has 3 amide bonds. The Bertz CT molecular complexity index is 1220. The lowest BCUT2D eigenvalue weighted by Crippen LogP contribution is -2.51. The van der Waals surface area contributed by atoms with Crippen molar-refractivity contribution in [1.82, 2.24) is 10.2 Å². The molecule has 1 aliphatic carbocycles. The zero-order valence-corrected chi connectivity index (χ0v) is 19.9. The minimum atomic E-state index is -4.80. The lowest BCUT2D eigenvalue weighted by Gasteiger charge is -2.29. The van der Waals surface area contributed by atoms with Crippen LogP contribution in [0.3, 0.4) is 0 Å². The largest absolute Gasteiger partial charge is 0.573 e. The van der Waals surface area contributed by atoms with Gasteiger partial charge in [-0.2, -0.15) is 0 Å². The van der Waals surface area contributed by atoms with E-state index in [9.17, 15) is 27.6 Å². The highest BCUT2D eigenvalue weighted by Crippen LogP contribution is 2.50. The first-order valence-electron chi connectivity index (χ1n) is 11.9. The summed E-state index contributed by atoms with van der Waals surface area (Å²) in [4.78, 5) is 39.8. The molecule has 0 radical (unpaired) electrons. The molecule has 2 aromatic carbocycles. The number of benzene rings is 2. The summed E-state index contributed by atoms with van der Waals surface area (Å²) in [5.41, 5.74) is 5.77. The van der Waals surface area contributed by atoms with Crippen molar-refractivity contribution in [1.29, 1.82) is 0 Å². The van der Waals surface area contributed by atoms with Crippen LogP contribution in [-0.4, -0.2) is 47.6 Å². The van der Waals surface area contributed by atoms with Gasteiger partial charge in [0.15, 0.2) is 0 Å². The van der Waals surface area contributed by atoms with E-state index in [1.807, 2.05) is 18.2 Å². The van der Waals surface area contributed by atoms with Gasteiger partial charge in [0.25, 0.3) is 0 Å². The highest BCUT2D eigenvalue weighted by molar-refractivity contribution is 5.96. The van der Waals surface area contributed by atoms with E-state index in [0.717, 1.165) is 0 Å². The van der Waals surface area contributed by atoms with Gasteiger partial charge in [-0.15, -0.1) is 13.2 Å². The first-order chi connectivity index (χ1) is 17.6. The molecule has 37 heavy (non-hydrogen) atoms. The average Bonchev–Trinajstić information content (AvgIpc) is 3.50. The summed E-state index contributed by atoms with van der Waals surface area (Å²) in [6.45, 7) is 0.379. The number of nitrogens with zero attached hydrogens (tertiary/aromatic N) is 1. The minimum absolute atomic E-state index is 0.178. The van der Waals surface area contributed by atoms with Crippen LogP contribution in [0.4, 0.5) is 13.2 Å². The molecule has 0 bridgehead atoms. The molecule has 0 spiro atoms. The summed E-state index contributed by atoms with van der Waals surface area (Å²) in [7, 11) is 0. The van der Waals surface area contributed by atoms with E-state index in [0.29, 0.717) is 43.4 Å². The number of alkyl halides is 3. The molecule has 0 aromatic heterocycles. The van der Waals surface area contributed by atoms with E-state index in [-0.39, 0.29) is 18.1 Å². The molecule has 2 atom stereocenters. The maximum absolute atomic E-state index is 13.6. The van der Waals surface area contributed by atoms with Crippen LogP contribution in [0.25, 0.3) is 0 Å². The van der Waals surface area contributed by atoms with Crippen LogP contribution in [0.15, 0.2) is 54.6 Å². The Labute approximate surface area is 212 Å². The predicted molar refractivity (Wildman–Crippen MR) is 128 cm³/mol. The number of amides is 3. The lowest BCUT2D eigenvalue weighted by molar-refractivity contribution is -0.274. The second kappa shape index (κ2) is 10.5. The standard InChI is InChI=1S/C27H26F3N3O4/c28-27(29,30)37-21-12-9-19(10-13-21)26(14-15-26)25(36)33-16-4-7-22(33)24(35)32-20(17-23(31)34)11-8-18-5-2-1-3-6-18/h1-3,5-6,9-10,12-13,20,22H,4,7,14-17H2,(H2,31,34)(H,32,35)/t20-,22+/m1/s1. The summed E-state index contributed by atoms with van der Waals surface area (Å²) in [5.74, 6) is 4.14. The van der Waals surface area contributed by atoms with E-state index >= 15 is 0 Å². The first-order valence-corrected chi connectivity index (χ1v) is 11.9. The van der Waals surface area contributed by atoms with Gasteiger partial charge in [-0.1, -0.05) is 42.2 Å². The van der Waals surface area contributed by atoms with Crippen molar-refractivity contribution in [3.05, 3.63) is 65.7 Å². The smallest absolute Gasteiger partial charge is 0.406 e. The second-order valence-corrected chi connectivity index (χ2v) is 9.18. The Hall–Kier alpha value is -4.00. The molecule has 2 fully saturated rings. The van der Waals surface area contributed by atoms with Crippen LogP contribution in [-0.2, 0) is 19.8 Å². The molecule has 0 unspecified atom stereocenters. The van der Waals surface area contributed by atoms with Gasteiger partial charge in [0.1, 0.15) is 11.8 Å². The number of ether oxygens (including phenoxy) is 1. The van der Waals surface area contributed by atoms with Crippen LogP contribution in [0.5, 0.6) is 5.75 Å². The summed E-state index contributed by atoms with van der Waals surface area (Å²) in [6, 6.07) is 12.8. The van der Waals surface area contributed by atoms with Crippen LogP contribution in [0, 0.1) is 11.8 Å². The minimum Gasteiger partial charge on any atom is -0.406 e. The molecule has 1 aliphatic heterocycles. The number of carbonyl (C=O) groups is 3. The quantitative estimate of drug-likeness (QED) is 0.556. The highest BCUT2D eigenvalue weighted by atomic mass is 19.4. The van der Waals surface area contributed by atoms with Crippen molar-refractivity contribution in [2.75, 3.05) is 6.54 Å². The van der Waals surface area contributed by atoms with Crippen molar-refractivity contribution < 1.29 is 32.3 Å².